The van der Waals surface area contributed by atoms with Crippen LogP contribution in [-0.2, 0) is 4.79 Å². The van der Waals surface area contributed by atoms with Gasteiger partial charge in [-0.1, -0.05) is 0 Å². The van der Waals surface area contributed by atoms with E-state index in [9.17, 15) is 4.79 Å². The van der Waals surface area contributed by atoms with Gasteiger partial charge in [0.2, 0.25) is 0 Å². The van der Waals surface area contributed by atoms with Crippen molar-refractivity contribution in [2.45, 2.75) is 13.0 Å². The maximum atomic E-state index is 10.3. The third kappa shape index (κ3) is 1.59. The zero-order valence-electron chi connectivity index (χ0n) is 6.07. The van der Waals surface area contributed by atoms with E-state index in [0.717, 1.165) is 5.56 Å². The topological polar surface area (TPSA) is 76.5 Å². The number of carboxylic acids is 1. The van der Waals surface area contributed by atoms with Gasteiger partial charge in [0.25, 0.3) is 0 Å². The van der Waals surface area contributed by atoms with E-state index in [1.807, 2.05) is 6.92 Å². The number of rotatable bonds is 2. The van der Waals surface area contributed by atoms with Gasteiger partial charge in [-0.05, 0) is 18.6 Å². The summed E-state index contributed by atoms with van der Waals surface area (Å²) in [5.74, 6) is -0.797. The Kier molecular flexibility index (Phi) is 1.96. The second-order valence-corrected chi connectivity index (χ2v) is 2.34. The standard InChI is InChI=1S/C7H9NO3/c1-4-2-5(11-3-4)6(8)7(9)10/h2-3,6H,8H2,1H3,(H,9,10). The van der Waals surface area contributed by atoms with E-state index in [1.165, 1.54) is 6.26 Å². The second kappa shape index (κ2) is 2.75. The van der Waals surface area contributed by atoms with Crippen molar-refractivity contribution >= 4 is 5.97 Å². The summed E-state index contributed by atoms with van der Waals surface area (Å²) in [4.78, 5) is 10.3. The molecule has 11 heavy (non-hydrogen) atoms. The molecular weight excluding hydrogens is 146 g/mol. The van der Waals surface area contributed by atoms with Gasteiger partial charge < -0.3 is 15.3 Å². The molecule has 1 unspecified atom stereocenters. The molecule has 0 radical (unpaired) electrons. The van der Waals surface area contributed by atoms with Gasteiger partial charge in [0.15, 0.2) is 6.04 Å². The van der Waals surface area contributed by atoms with Gasteiger partial charge in [-0.2, -0.15) is 0 Å². The minimum Gasteiger partial charge on any atom is -0.480 e. The van der Waals surface area contributed by atoms with Gasteiger partial charge in [0, 0.05) is 0 Å². The Hall–Kier alpha value is -1.29. The van der Waals surface area contributed by atoms with Crippen molar-refractivity contribution in [1.82, 2.24) is 0 Å². The molecule has 60 valence electrons. The number of carboxylic acid groups (broad SMARTS) is 1. The fourth-order valence-corrected chi connectivity index (χ4v) is 0.738. The second-order valence-electron chi connectivity index (χ2n) is 2.34. The molecule has 1 aromatic rings. The quantitative estimate of drug-likeness (QED) is 0.658. The van der Waals surface area contributed by atoms with E-state index in [-0.39, 0.29) is 5.76 Å². The molecule has 0 aliphatic heterocycles. The molecule has 1 aromatic heterocycles. The van der Waals surface area contributed by atoms with Crippen molar-refractivity contribution in [3.63, 3.8) is 0 Å². The number of carbonyl (C=O) groups is 1. The first-order valence-electron chi connectivity index (χ1n) is 3.14. The van der Waals surface area contributed by atoms with E-state index >= 15 is 0 Å². The zero-order valence-corrected chi connectivity index (χ0v) is 6.07. The summed E-state index contributed by atoms with van der Waals surface area (Å²) < 4.78 is 4.88. The summed E-state index contributed by atoms with van der Waals surface area (Å²) in [5.41, 5.74) is 6.13. The predicted octanol–water partition coefficient (Wildman–Crippen LogP) is 0.672. The molecule has 0 fully saturated rings. The van der Waals surface area contributed by atoms with E-state index in [1.54, 1.807) is 6.07 Å². The summed E-state index contributed by atoms with van der Waals surface area (Å²) in [6.45, 7) is 1.81. The maximum absolute atomic E-state index is 10.3. The monoisotopic (exact) mass is 155 g/mol. The number of aryl methyl sites for hydroxylation is 1. The van der Waals surface area contributed by atoms with Crippen molar-refractivity contribution in [1.29, 1.82) is 0 Å². The smallest absolute Gasteiger partial charge is 0.328 e. The molecular formula is C7H9NO3. The largest absolute Gasteiger partial charge is 0.480 e. The molecule has 1 rings (SSSR count). The summed E-state index contributed by atoms with van der Waals surface area (Å²) in [6, 6.07) is 0.558. The molecule has 3 N–H and O–H groups in total. The fourth-order valence-electron chi connectivity index (χ4n) is 0.738. The van der Waals surface area contributed by atoms with Crippen LogP contribution in [0.4, 0.5) is 0 Å². The van der Waals surface area contributed by atoms with Gasteiger partial charge >= 0.3 is 5.97 Å². The normalized spacial score (nSPS) is 12.9. The van der Waals surface area contributed by atoms with E-state index in [4.69, 9.17) is 15.3 Å². The Labute approximate surface area is 63.6 Å². The molecule has 0 aliphatic rings. The number of aliphatic carboxylic acids is 1. The van der Waals surface area contributed by atoms with Crippen molar-refractivity contribution in [2.75, 3.05) is 0 Å². The lowest BCUT2D eigenvalue weighted by Crippen LogP contribution is -2.19. The molecule has 1 heterocycles. The highest BCUT2D eigenvalue weighted by atomic mass is 16.4. The van der Waals surface area contributed by atoms with Gasteiger partial charge in [0.1, 0.15) is 5.76 Å². The van der Waals surface area contributed by atoms with Crippen LogP contribution in [0.3, 0.4) is 0 Å². The SMILES string of the molecule is Cc1coc(C(N)C(=O)O)c1. The van der Waals surface area contributed by atoms with Gasteiger partial charge in [0.05, 0.1) is 6.26 Å². The Bertz CT molecular complexity index is 266. The minimum absolute atomic E-state index is 0.287. The summed E-state index contributed by atoms with van der Waals surface area (Å²) in [6.07, 6.45) is 1.47. The van der Waals surface area contributed by atoms with Crippen molar-refractivity contribution in [2.24, 2.45) is 5.73 Å². The number of furan rings is 1. The van der Waals surface area contributed by atoms with Crippen LogP contribution < -0.4 is 5.73 Å². The Balaban J connectivity index is 2.84. The van der Waals surface area contributed by atoms with Gasteiger partial charge in [-0.3, -0.25) is 4.79 Å². The van der Waals surface area contributed by atoms with Crippen LogP contribution in [-0.4, -0.2) is 11.1 Å². The Morgan fingerprint density at radius 1 is 1.82 bits per heavy atom. The molecule has 4 heteroatoms. The lowest BCUT2D eigenvalue weighted by Gasteiger charge is -1.99. The molecule has 1 atom stereocenters. The van der Waals surface area contributed by atoms with E-state index < -0.39 is 12.0 Å². The summed E-state index contributed by atoms with van der Waals surface area (Å²) >= 11 is 0. The number of nitrogens with two attached hydrogens (primary N) is 1. The molecule has 0 saturated heterocycles. The summed E-state index contributed by atoms with van der Waals surface area (Å²) in [7, 11) is 0. The minimum atomic E-state index is -1.08. The van der Waals surface area contributed by atoms with E-state index in [0.29, 0.717) is 0 Å². The molecule has 0 saturated carbocycles. The zero-order chi connectivity index (χ0) is 8.43. The average molecular weight is 155 g/mol. The average Bonchev–Trinajstić information content (AvgIpc) is 2.34. The van der Waals surface area contributed by atoms with Crippen LogP contribution in [0.2, 0.25) is 0 Å². The van der Waals surface area contributed by atoms with Crippen LogP contribution in [0, 0.1) is 6.92 Å². The Morgan fingerprint density at radius 2 is 2.45 bits per heavy atom. The van der Waals surface area contributed by atoms with Crippen LogP contribution in [0.1, 0.15) is 17.4 Å². The lowest BCUT2D eigenvalue weighted by atomic mass is 10.2. The van der Waals surface area contributed by atoms with Crippen LogP contribution in [0.25, 0.3) is 0 Å². The first-order valence-corrected chi connectivity index (χ1v) is 3.14. The van der Waals surface area contributed by atoms with Crippen LogP contribution in [0.5, 0.6) is 0 Å². The highest BCUT2D eigenvalue weighted by Gasteiger charge is 2.17. The predicted molar refractivity (Wildman–Crippen MR) is 38.0 cm³/mol. The molecule has 4 nitrogen and oxygen atoms in total. The Morgan fingerprint density at radius 3 is 2.82 bits per heavy atom. The molecule has 0 amide bonds. The first-order chi connectivity index (χ1) is 5.11. The molecule has 0 aromatic carbocycles. The number of hydrogen-bond acceptors (Lipinski definition) is 3. The molecule has 0 spiro atoms. The van der Waals surface area contributed by atoms with Gasteiger partial charge in [-0.15, -0.1) is 0 Å². The van der Waals surface area contributed by atoms with Crippen molar-refractivity contribution in [3.8, 4) is 0 Å². The highest BCUT2D eigenvalue weighted by molar-refractivity contribution is 5.74. The highest BCUT2D eigenvalue weighted by Crippen LogP contribution is 2.13. The number of hydrogen-bond donors (Lipinski definition) is 2. The summed E-state index contributed by atoms with van der Waals surface area (Å²) in [5, 5.41) is 8.46. The third-order valence-electron chi connectivity index (χ3n) is 1.32. The van der Waals surface area contributed by atoms with Crippen LogP contribution in [0.15, 0.2) is 16.7 Å². The van der Waals surface area contributed by atoms with Gasteiger partial charge in [-0.25, -0.2) is 0 Å². The van der Waals surface area contributed by atoms with Crippen molar-refractivity contribution < 1.29 is 14.3 Å². The molecule has 0 aliphatic carbocycles. The molecule has 0 bridgehead atoms. The van der Waals surface area contributed by atoms with Crippen molar-refractivity contribution in [3.05, 3.63) is 23.7 Å². The maximum Gasteiger partial charge on any atom is 0.328 e. The fraction of sp³-hybridized carbons (Fsp3) is 0.286. The lowest BCUT2D eigenvalue weighted by molar-refractivity contribution is -0.139. The third-order valence-corrected chi connectivity index (χ3v) is 1.32. The van der Waals surface area contributed by atoms with E-state index in [2.05, 4.69) is 0 Å². The first kappa shape index (κ1) is 7.81. The van der Waals surface area contributed by atoms with Crippen LogP contribution >= 0.6 is 0 Å².